The van der Waals surface area contributed by atoms with Gasteiger partial charge in [0, 0.05) is 23.1 Å². The molecule has 0 spiro atoms. The highest BCUT2D eigenvalue weighted by Crippen LogP contribution is 2.23. The highest BCUT2D eigenvalue weighted by Gasteiger charge is 2.09. The van der Waals surface area contributed by atoms with E-state index in [-0.39, 0.29) is 18.4 Å². The van der Waals surface area contributed by atoms with E-state index < -0.39 is 0 Å². The summed E-state index contributed by atoms with van der Waals surface area (Å²) in [5, 5.41) is 9.69. The number of hydrogen-bond donors (Lipinski definition) is 2. The molecule has 0 aliphatic rings. The summed E-state index contributed by atoms with van der Waals surface area (Å²) in [6, 6.07) is 9.80. The summed E-state index contributed by atoms with van der Waals surface area (Å²) in [6.07, 6.45) is 2.23. The first-order valence-corrected chi connectivity index (χ1v) is 4.51. The largest absolute Gasteiger partial charge is 0.361 e. The number of nitriles is 1. The van der Waals surface area contributed by atoms with Gasteiger partial charge >= 0.3 is 0 Å². The molecule has 0 radical (unpaired) electrons. The number of aromatic nitrogens is 1. The minimum absolute atomic E-state index is 0. The molecule has 0 fully saturated rings. The Morgan fingerprint density at radius 3 is 2.93 bits per heavy atom. The van der Waals surface area contributed by atoms with Crippen molar-refractivity contribution in [3.05, 3.63) is 36.0 Å². The van der Waals surface area contributed by atoms with Crippen LogP contribution in [-0.2, 0) is 0 Å². The van der Waals surface area contributed by atoms with Gasteiger partial charge in [-0.1, -0.05) is 12.1 Å². The lowest BCUT2D eigenvalue weighted by Gasteiger charge is -2.08. The molecule has 0 saturated heterocycles. The molecule has 1 aromatic carbocycles. The predicted octanol–water partition coefficient (Wildman–Crippen LogP) is 2.50. The van der Waals surface area contributed by atoms with Crippen molar-refractivity contribution in [1.29, 1.82) is 5.26 Å². The maximum Gasteiger partial charge on any atom is 0.0641 e. The van der Waals surface area contributed by atoms with Gasteiger partial charge in [-0.3, -0.25) is 0 Å². The number of benzene rings is 1. The molecule has 3 nitrogen and oxygen atoms in total. The van der Waals surface area contributed by atoms with Gasteiger partial charge in [0.15, 0.2) is 0 Å². The van der Waals surface area contributed by atoms with Crippen LogP contribution in [0.15, 0.2) is 30.5 Å². The zero-order valence-corrected chi connectivity index (χ0v) is 8.92. The van der Waals surface area contributed by atoms with Gasteiger partial charge in [-0.15, -0.1) is 12.4 Å². The van der Waals surface area contributed by atoms with Crippen LogP contribution < -0.4 is 5.73 Å². The van der Waals surface area contributed by atoms with Crippen molar-refractivity contribution in [2.75, 3.05) is 0 Å². The van der Waals surface area contributed by atoms with Crippen LogP contribution in [0, 0.1) is 11.3 Å². The van der Waals surface area contributed by atoms with Gasteiger partial charge < -0.3 is 10.7 Å². The normalized spacial score (nSPS) is 11.7. The molecular weight excluding hydrogens is 210 g/mol. The highest BCUT2D eigenvalue weighted by atomic mass is 35.5. The van der Waals surface area contributed by atoms with E-state index in [1.165, 1.54) is 0 Å². The molecular formula is C11H12ClN3. The maximum atomic E-state index is 8.58. The number of halogens is 1. The van der Waals surface area contributed by atoms with Crippen molar-refractivity contribution in [3.63, 3.8) is 0 Å². The molecule has 15 heavy (non-hydrogen) atoms. The third-order valence-electron chi connectivity index (χ3n) is 2.34. The average Bonchev–Trinajstić information content (AvgIpc) is 2.65. The molecule has 4 heteroatoms. The topological polar surface area (TPSA) is 65.6 Å². The molecule has 1 heterocycles. The zero-order chi connectivity index (χ0) is 9.97. The van der Waals surface area contributed by atoms with Gasteiger partial charge in [0.25, 0.3) is 0 Å². The first kappa shape index (κ1) is 11.6. The summed E-state index contributed by atoms with van der Waals surface area (Å²) in [5.74, 6) is 0. The van der Waals surface area contributed by atoms with Gasteiger partial charge in [-0.05, 0) is 17.7 Å². The second kappa shape index (κ2) is 4.83. The smallest absolute Gasteiger partial charge is 0.0641 e. The van der Waals surface area contributed by atoms with Crippen LogP contribution in [0.3, 0.4) is 0 Å². The van der Waals surface area contributed by atoms with E-state index >= 15 is 0 Å². The first-order chi connectivity index (χ1) is 6.83. The lowest BCUT2D eigenvalue weighted by atomic mass is 10.0. The Bertz CT molecular complexity index is 484. The zero-order valence-electron chi connectivity index (χ0n) is 8.10. The molecule has 1 atom stereocenters. The monoisotopic (exact) mass is 221 g/mol. The van der Waals surface area contributed by atoms with Crippen molar-refractivity contribution in [2.24, 2.45) is 5.73 Å². The number of H-pyrrole nitrogens is 1. The number of fused-ring (bicyclic) bond motifs is 1. The van der Waals surface area contributed by atoms with Crippen molar-refractivity contribution < 1.29 is 0 Å². The molecule has 0 aliphatic heterocycles. The molecule has 78 valence electrons. The summed E-state index contributed by atoms with van der Waals surface area (Å²) in [4.78, 5) is 3.12. The number of rotatable bonds is 2. The third kappa shape index (κ3) is 2.12. The van der Waals surface area contributed by atoms with E-state index in [1.807, 2.05) is 30.5 Å². The molecule has 0 unspecified atom stereocenters. The van der Waals surface area contributed by atoms with E-state index in [4.69, 9.17) is 11.0 Å². The first-order valence-electron chi connectivity index (χ1n) is 4.51. The van der Waals surface area contributed by atoms with Crippen LogP contribution >= 0.6 is 12.4 Å². The molecule has 3 N–H and O–H groups in total. The maximum absolute atomic E-state index is 8.58. The molecule has 1 aromatic heterocycles. The second-order valence-corrected chi connectivity index (χ2v) is 3.25. The SMILES string of the molecule is Cl.N#CC[C@H](N)c1cccc2[nH]ccc12. The van der Waals surface area contributed by atoms with E-state index in [0.717, 1.165) is 16.5 Å². The summed E-state index contributed by atoms with van der Waals surface area (Å²) in [7, 11) is 0. The van der Waals surface area contributed by atoms with Crippen LogP contribution in [0.2, 0.25) is 0 Å². The molecule has 0 bridgehead atoms. The van der Waals surface area contributed by atoms with Crippen molar-refractivity contribution in [3.8, 4) is 6.07 Å². The molecule has 0 aliphatic carbocycles. The van der Waals surface area contributed by atoms with Gasteiger partial charge in [-0.25, -0.2) is 0 Å². The van der Waals surface area contributed by atoms with E-state index in [1.54, 1.807) is 0 Å². The number of nitrogens with two attached hydrogens (primary N) is 1. The van der Waals surface area contributed by atoms with Crippen LogP contribution in [0.1, 0.15) is 18.0 Å². The average molecular weight is 222 g/mol. The Morgan fingerprint density at radius 1 is 1.40 bits per heavy atom. The lowest BCUT2D eigenvalue weighted by Crippen LogP contribution is -2.09. The molecule has 0 amide bonds. The van der Waals surface area contributed by atoms with Crippen molar-refractivity contribution in [2.45, 2.75) is 12.5 Å². The number of nitrogens with one attached hydrogen (secondary N) is 1. The molecule has 2 rings (SSSR count). The minimum atomic E-state index is -0.195. The fourth-order valence-corrected chi connectivity index (χ4v) is 1.64. The fraction of sp³-hybridized carbons (Fsp3) is 0.182. The molecule has 0 saturated carbocycles. The van der Waals surface area contributed by atoms with Crippen molar-refractivity contribution >= 4 is 23.3 Å². The Hall–Kier alpha value is -1.50. The van der Waals surface area contributed by atoms with Crippen LogP contribution in [-0.4, -0.2) is 4.98 Å². The van der Waals surface area contributed by atoms with Crippen LogP contribution in [0.25, 0.3) is 10.9 Å². The van der Waals surface area contributed by atoms with Gasteiger partial charge in [0.1, 0.15) is 0 Å². The Kier molecular flexibility index (Phi) is 3.73. The van der Waals surface area contributed by atoms with Gasteiger partial charge in [0.2, 0.25) is 0 Å². The van der Waals surface area contributed by atoms with Crippen LogP contribution in [0.4, 0.5) is 0 Å². The number of hydrogen-bond acceptors (Lipinski definition) is 2. The Labute approximate surface area is 94.3 Å². The van der Waals surface area contributed by atoms with E-state index in [9.17, 15) is 0 Å². The number of nitrogens with zero attached hydrogens (tertiary/aromatic N) is 1. The number of aromatic amines is 1. The highest BCUT2D eigenvalue weighted by molar-refractivity contribution is 5.85. The summed E-state index contributed by atoms with van der Waals surface area (Å²) in [5.41, 5.74) is 7.99. The quantitative estimate of drug-likeness (QED) is 0.818. The lowest BCUT2D eigenvalue weighted by molar-refractivity contribution is 0.755. The standard InChI is InChI=1S/C11H11N3.ClH/c12-6-4-10(13)8-2-1-3-11-9(8)5-7-14-11;/h1-3,5,7,10,14H,4,13H2;1H/t10-;/m0./s1. The minimum Gasteiger partial charge on any atom is -0.361 e. The summed E-state index contributed by atoms with van der Waals surface area (Å²) in [6.45, 7) is 0. The van der Waals surface area contributed by atoms with Crippen LogP contribution in [0.5, 0.6) is 0 Å². The van der Waals surface area contributed by atoms with Crippen molar-refractivity contribution in [1.82, 2.24) is 4.98 Å². The van der Waals surface area contributed by atoms with Gasteiger partial charge in [-0.2, -0.15) is 5.26 Å². The summed E-state index contributed by atoms with van der Waals surface area (Å²) < 4.78 is 0. The third-order valence-corrected chi connectivity index (χ3v) is 2.34. The summed E-state index contributed by atoms with van der Waals surface area (Å²) >= 11 is 0. The van der Waals surface area contributed by atoms with Gasteiger partial charge in [0.05, 0.1) is 12.5 Å². The van der Waals surface area contributed by atoms with E-state index in [2.05, 4.69) is 11.1 Å². The van der Waals surface area contributed by atoms with E-state index in [0.29, 0.717) is 6.42 Å². The fourth-order valence-electron chi connectivity index (χ4n) is 1.64. The predicted molar refractivity (Wildman–Crippen MR) is 62.7 cm³/mol. The Balaban J connectivity index is 0.00000112. The second-order valence-electron chi connectivity index (χ2n) is 3.25. The molecule has 2 aromatic rings. The Morgan fingerprint density at radius 2 is 2.20 bits per heavy atom.